The van der Waals surface area contributed by atoms with E-state index in [9.17, 15) is 20.4 Å². The average molecular weight is 244 g/mol. The second-order valence-corrected chi connectivity index (χ2v) is 3.90. The summed E-state index contributed by atoms with van der Waals surface area (Å²) in [4.78, 5) is 7.62. The molecule has 3 aromatic rings. The minimum Gasteiger partial charge on any atom is -0.503 e. The highest BCUT2D eigenvalue weighted by Crippen LogP contribution is 2.32. The fourth-order valence-corrected chi connectivity index (χ4v) is 1.80. The Bertz CT molecular complexity index is 657. The summed E-state index contributed by atoms with van der Waals surface area (Å²) in [6.07, 6.45) is 0. The lowest BCUT2D eigenvalue weighted by Gasteiger charge is -2.04. The molecule has 0 bridgehead atoms. The van der Waals surface area contributed by atoms with Gasteiger partial charge in [0.2, 0.25) is 0 Å². The number of hydrogen-bond donors (Lipinski definition) is 4. The Morgan fingerprint density at radius 1 is 0.611 bits per heavy atom. The van der Waals surface area contributed by atoms with Crippen molar-refractivity contribution in [2.24, 2.45) is 0 Å². The Hall–Kier alpha value is -2.76. The molecule has 3 rings (SSSR count). The number of fused-ring (bicyclic) bond motifs is 2. The summed E-state index contributed by atoms with van der Waals surface area (Å²) in [5.74, 6) is -1.58. The van der Waals surface area contributed by atoms with Crippen LogP contribution < -0.4 is 0 Å². The molecule has 18 heavy (non-hydrogen) atoms. The summed E-state index contributed by atoms with van der Waals surface area (Å²) >= 11 is 0. The van der Waals surface area contributed by atoms with E-state index in [1.807, 2.05) is 0 Å². The second kappa shape index (κ2) is 3.36. The number of aromatic nitrogens is 2. The molecule has 0 fully saturated rings. The molecule has 0 radical (unpaired) electrons. The topological polar surface area (TPSA) is 107 Å². The van der Waals surface area contributed by atoms with Crippen LogP contribution >= 0.6 is 0 Å². The Morgan fingerprint density at radius 3 is 1.39 bits per heavy atom. The van der Waals surface area contributed by atoms with E-state index < -0.39 is 11.8 Å². The van der Waals surface area contributed by atoms with E-state index in [0.29, 0.717) is 21.8 Å². The largest absolute Gasteiger partial charge is 0.503 e. The van der Waals surface area contributed by atoms with Crippen LogP contribution in [-0.2, 0) is 0 Å². The van der Waals surface area contributed by atoms with E-state index in [4.69, 9.17) is 0 Å². The first-order valence-corrected chi connectivity index (χ1v) is 5.10. The van der Waals surface area contributed by atoms with Crippen LogP contribution in [0.3, 0.4) is 0 Å². The molecule has 0 saturated carbocycles. The summed E-state index contributed by atoms with van der Waals surface area (Å²) in [5, 5.41) is 38.5. The van der Waals surface area contributed by atoms with Gasteiger partial charge in [0.1, 0.15) is 0 Å². The quantitative estimate of drug-likeness (QED) is 0.447. The average Bonchev–Trinajstić information content (AvgIpc) is 2.31. The van der Waals surface area contributed by atoms with Crippen molar-refractivity contribution in [3.05, 3.63) is 24.3 Å². The first-order valence-electron chi connectivity index (χ1n) is 5.10. The van der Waals surface area contributed by atoms with Crippen LogP contribution in [0.2, 0.25) is 0 Å². The van der Waals surface area contributed by atoms with Gasteiger partial charge >= 0.3 is 0 Å². The van der Waals surface area contributed by atoms with Gasteiger partial charge in [-0.3, -0.25) is 0 Å². The van der Waals surface area contributed by atoms with Crippen LogP contribution in [0.15, 0.2) is 24.3 Å². The Morgan fingerprint density at radius 2 is 1.00 bits per heavy atom. The molecule has 0 aliphatic rings. The number of aromatic hydroxyl groups is 4. The zero-order valence-electron chi connectivity index (χ0n) is 8.99. The summed E-state index contributed by atoms with van der Waals surface area (Å²) in [6.45, 7) is 0. The third kappa shape index (κ3) is 1.43. The summed E-state index contributed by atoms with van der Waals surface area (Å²) in [5.41, 5.74) is 0.898. The van der Waals surface area contributed by atoms with Crippen molar-refractivity contribution in [2.45, 2.75) is 0 Å². The van der Waals surface area contributed by atoms with Gasteiger partial charge in [0, 0.05) is 10.8 Å². The molecule has 0 saturated heterocycles. The molecule has 4 N–H and O–H groups in total. The van der Waals surface area contributed by atoms with Crippen molar-refractivity contribution in [3.63, 3.8) is 0 Å². The minimum atomic E-state index is -0.460. The lowest BCUT2D eigenvalue weighted by molar-refractivity contribution is 0.390. The first kappa shape index (κ1) is 10.4. The molecule has 6 nitrogen and oxygen atoms in total. The van der Waals surface area contributed by atoms with Gasteiger partial charge < -0.3 is 20.4 Å². The van der Waals surface area contributed by atoms with Gasteiger partial charge in [0.15, 0.2) is 11.5 Å². The van der Waals surface area contributed by atoms with Gasteiger partial charge in [0.25, 0.3) is 11.8 Å². The highest BCUT2D eigenvalue weighted by atomic mass is 16.3. The van der Waals surface area contributed by atoms with E-state index in [1.165, 1.54) is 12.1 Å². The normalized spacial score (nSPS) is 11.1. The Balaban J connectivity index is 2.43. The van der Waals surface area contributed by atoms with Crippen LogP contribution in [0, 0.1) is 0 Å². The van der Waals surface area contributed by atoms with Crippen LogP contribution in [0.5, 0.6) is 23.3 Å². The third-order valence-corrected chi connectivity index (χ3v) is 2.67. The summed E-state index contributed by atoms with van der Waals surface area (Å²) in [6, 6.07) is 5.89. The highest BCUT2D eigenvalue weighted by Gasteiger charge is 2.09. The minimum absolute atomic E-state index is 0.329. The number of nitrogens with zero attached hydrogens (tertiary/aromatic N) is 2. The molecule has 6 heteroatoms. The fraction of sp³-hybridized carbons (Fsp3) is 0. The summed E-state index contributed by atoms with van der Waals surface area (Å²) < 4.78 is 0. The Kier molecular flexibility index (Phi) is 1.94. The van der Waals surface area contributed by atoms with Gasteiger partial charge in [-0.05, 0) is 24.3 Å². The smallest absolute Gasteiger partial charge is 0.254 e. The molecule has 1 aromatic carbocycles. The van der Waals surface area contributed by atoms with E-state index in [2.05, 4.69) is 9.97 Å². The van der Waals surface area contributed by atoms with Crippen LogP contribution in [0.4, 0.5) is 0 Å². The molecule has 0 atom stereocenters. The van der Waals surface area contributed by atoms with E-state index in [0.717, 1.165) is 0 Å². The van der Waals surface area contributed by atoms with Crippen LogP contribution in [0.1, 0.15) is 0 Å². The number of rotatable bonds is 0. The van der Waals surface area contributed by atoms with Gasteiger partial charge in [0.05, 0.1) is 11.0 Å². The molecule has 0 aliphatic heterocycles. The molecular weight excluding hydrogens is 236 g/mol. The van der Waals surface area contributed by atoms with Gasteiger partial charge in [-0.25, -0.2) is 9.97 Å². The molecular formula is C12H8N2O4. The van der Waals surface area contributed by atoms with E-state index in [-0.39, 0.29) is 11.5 Å². The first-order chi connectivity index (χ1) is 8.54. The molecule has 2 heterocycles. The molecule has 0 unspecified atom stereocenters. The second-order valence-electron chi connectivity index (χ2n) is 3.90. The zero-order chi connectivity index (χ0) is 12.9. The maximum Gasteiger partial charge on any atom is 0.254 e. The fourth-order valence-electron chi connectivity index (χ4n) is 1.80. The van der Waals surface area contributed by atoms with Gasteiger partial charge in [-0.15, -0.1) is 0 Å². The number of benzene rings is 1. The number of hydrogen-bond acceptors (Lipinski definition) is 6. The standard InChI is InChI=1S/C12H8N2O4/c15-9-3-5-1-7-6(2-8(5)14-12(9)18)4-10(16)11(17)13-7/h1-4,15-16H,(H,13,17)(H,14,18). The lowest BCUT2D eigenvalue weighted by atomic mass is 10.1. The van der Waals surface area contributed by atoms with Crippen LogP contribution in [0.25, 0.3) is 21.8 Å². The lowest BCUT2D eigenvalue weighted by Crippen LogP contribution is -1.85. The molecule has 0 spiro atoms. The van der Waals surface area contributed by atoms with Crippen molar-refractivity contribution in [1.29, 1.82) is 0 Å². The van der Waals surface area contributed by atoms with E-state index in [1.54, 1.807) is 12.1 Å². The molecule has 0 amide bonds. The van der Waals surface area contributed by atoms with Crippen molar-refractivity contribution in [1.82, 2.24) is 9.97 Å². The highest BCUT2D eigenvalue weighted by molar-refractivity contribution is 5.96. The SMILES string of the molecule is Oc1cc2cc3nc(O)c(O)cc3cc2nc1O. The zero-order valence-corrected chi connectivity index (χ0v) is 8.99. The summed E-state index contributed by atoms with van der Waals surface area (Å²) in [7, 11) is 0. The maximum absolute atomic E-state index is 9.37. The van der Waals surface area contributed by atoms with Crippen molar-refractivity contribution < 1.29 is 20.4 Å². The molecule has 2 aromatic heterocycles. The van der Waals surface area contributed by atoms with E-state index >= 15 is 0 Å². The van der Waals surface area contributed by atoms with Crippen molar-refractivity contribution in [3.8, 4) is 23.3 Å². The molecule has 0 aliphatic carbocycles. The third-order valence-electron chi connectivity index (χ3n) is 2.67. The van der Waals surface area contributed by atoms with Gasteiger partial charge in [-0.2, -0.15) is 0 Å². The number of pyridine rings is 2. The van der Waals surface area contributed by atoms with Crippen molar-refractivity contribution >= 4 is 21.8 Å². The van der Waals surface area contributed by atoms with Crippen LogP contribution in [-0.4, -0.2) is 30.4 Å². The van der Waals surface area contributed by atoms with Crippen molar-refractivity contribution in [2.75, 3.05) is 0 Å². The maximum atomic E-state index is 9.37. The predicted molar refractivity (Wildman–Crippen MR) is 63.7 cm³/mol. The molecule has 90 valence electrons. The monoisotopic (exact) mass is 244 g/mol. The van der Waals surface area contributed by atoms with Gasteiger partial charge in [-0.1, -0.05) is 0 Å². The Labute approximate surface area is 100 Å². The predicted octanol–water partition coefficient (Wildman–Crippen LogP) is 1.61.